The number of ether oxygens (including phenoxy) is 2. The van der Waals surface area contributed by atoms with Crippen molar-refractivity contribution in [1.82, 2.24) is 21.3 Å². The molecule has 0 aliphatic heterocycles. The first-order valence-electron chi connectivity index (χ1n) is 17.8. The predicted molar refractivity (Wildman–Crippen MR) is 198 cm³/mol. The van der Waals surface area contributed by atoms with Crippen LogP contribution in [0.3, 0.4) is 0 Å². The highest BCUT2D eigenvalue weighted by molar-refractivity contribution is 6.33. The second kappa shape index (κ2) is 19.2. The van der Waals surface area contributed by atoms with Gasteiger partial charge in [0.05, 0.1) is 0 Å². The molecule has 0 radical (unpaired) electrons. The quantitative estimate of drug-likeness (QED) is 0.0959. The summed E-state index contributed by atoms with van der Waals surface area (Å²) in [5.41, 5.74) is -1.88. The maximum atomic E-state index is 13.2. The molecule has 12 heteroatoms. The molecule has 0 aliphatic carbocycles. The van der Waals surface area contributed by atoms with Crippen molar-refractivity contribution in [2.75, 3.05) is 6.54 Å². The van der Waals surface area contributed by atoms with Crippen LogP contribution in [-0.4, -0.2) is 59.2 Å². The van der Waals surface area contributed by atoms with Gasteiger partial charge < -0.3 is 30.7 Å². The van der Waals surface area contributed by atoms with Gasteiger partial charge in [-0.05, 0) is 77.8 Å². The number of hydrogen-bond acceptors (Lipinski definition) is 8. The van der Waals surface area contributed by atoms with Gasteiger partial charge in [0.25, 0.3) is 0 Å². The minimum Gasteiger partial charge on any atom is -0.454 e. The summed E-state index contributed by atoms with van der Waals surface area (Å²) >= 11 is 0. The average Bonchev–Trinajstić information content (AvgIpc) is 3.05. The molecule has 0 fully saturated rings. The van der Waals surface area contributed by atoms with Crippen molar-refractivity contribution in [3.63, 3.8) is 0 Å². The summed E-state index contributed by atoms with van der Waals surface area (Å²) in [6, 6.07) is 18.0. The monoisotopic (exact) mass is 722 g/mol. The van der Waals surface area contributed by atoms with Crippen molar-refractivity contribution in [1.29, 1.82) is 0 Å². The number of esters is 2. The zero-order valence-corrected chi connectivity index (χ0v) is 32.3. The van der Waals surface area contributed by atoms with Gasteiger partial charge in [-0.2, -0.15) is 0 Å². The predicted octanol–water partition coefficient (Wildman–Crippen LogP) is 4.89. The molecular formula is C40H58N4O8. The maximum Gasteiger partial charge on any atom is 0.397 e. The number of benzene rings is 2. The topological polar surface area (TPSA) is 169 Å². The highest BCUT2D eigenvalue weighted by Gasteiger charge is 2.38. The smallest absolute Gasteiger partial charge is 0.397 e. The Balaban J connectivity index is 1.71. The highest BCUT2D eigenvalue weighted by Crippen LogP contribution is 2.29. The number of nitrogens with one attached hydrogen (secondary N) is 4. The molecule has 0 heterocycles. The van der Waals surface area contributed by atoms with Crippen molar-refractivity contribution in [2.45, 2.75) is 125 Å². The zero-order chi connectivity index (χ0) is 39.2. The number of carbonyl (C=O) groups excluding carboxylic acids is 6. The van der Waals surface area contributed by atoms with Crippen LogP contribution in [0, 0.1) is 10.8 Å². The van der Waals surface area contributed by atoms with Crippen LogP contribution in [0.4, 0.5) is 0 Å². The first-order valence-corrected chi connectivity index (χ1v) is 17.8. The molecule has 0 aliphatic rings. The summed E-state index contributed by atoms with van der Waals surface area (Å²) in [7, 11) is 0. The first kappa shape index (κ1) is 43.4. The molecule has 1 atom stereocenters. The minimum absolute atomic E-state index is 0.0131. The Morgan fingerprint density at radius 1 is 0.596 bits per heavy atom. The lowest BCUT2D eigenvalue weighted by Crippen LogP contribution is -2.52. The van der Waals surface area contributed by atoms with Crippen molar-refractivity contribution in [3.05, 3.63) is 71.8 Å². The summed E-state index contributed by atoms with van der Waals surface area (Å²) in [4.78, 5) is 75.8. The molecule has 4 amide bonds. The maximum absolute atomic E-state index is 13.2. The lowest BCUT2D eigenvalue weighted by atomic mass is 9.79. The Morgan fingerprint density at radius 3 is 1.42 bits per heavy atom. The second-order valence-electron chi connectivity index (χ2n) is 16.0. The van der Waals surface area contributed by atoms with Crippen molar-refractivity contribution in [3.8, 4) is 0 Å². The lowest BCUT2D eigenvalue weighted by Gasteiger charge is -2.35. The third-order valence-electron chi connectivity index (χ3n) is 8.42. The highest BCUT2D eigenvalue weighted by atomic mass is 16.5. The largest absolute Gasteiger partial charge is 0.454 e. The fourth-order valence-corrected chi connectivity index (χ4v) is 6.26. The third-order valence-corrected chi connectivity index (χ3v) is 8.42. The molecule has 0 bridgehead atoms. The van der Waals surface area contributed by atoms with E-state index in [-0.39, 0.29) is 43.9 Å². The number of rotatable bonds is 18. The lowest BCUT2D eigenvalue weighted by molar-refractivity contribution is -0.157. The van der Waals surface area contributed by atoms with E-state index >= 15 is 0 Å². The number of amides is 4. The van der Waals surface area contributed by atoms with Gasteiger partial charge in [-0.15, -0.1) is 0 Å². The fraction of sp³-hybridized carbons (Fsp3) is 0.550. The summed E-state index contributed by atoms with van der Waals surface area (Å²) < 4.78 is 10.2. The van der Waals surface area contributed by atoms with Gasteiger partial charge in [0.15, 0.2) is 0 Å². The molecule has 2 rings (SSSR count). The van der Waals surface area contributed by atoms with E-state index in [0.717, 1.165) is 17.5 Å². The number of hydrogen-bond donors (Lipinski definition) is 4. The van der Waals surface area contributed by atoms with Gasteiger partial charge >= 0.3 is 23.8 Å². The fourth-order valence-electron chi connectivity index (χ4n) is 6.26. The van der Waals surface area contributed by atoms with E-state index in [2.05, 4.69) is 21.3 Å². The molecule has 4 N–H and O–H groups in total. The molecule has 0 spiro atoms. The van der Waals surface area contributed by atoms with Gasteiger partial charge in [-0.3, -0.25) is 19.2 Å². The summed E-state index contributed by atoms with van der Waals surface area (Å²) in [5.74, 6) is -4.06. The molecule has 286 valence electrons. The molecule has 12 nitrogen and oxygen atoms in total. The molecule has 52 heavy (non-hydrogen) atoms. The first-order chi connectivity index (χ1) is 24.1. The van der Waals surface area contributed by atoms with E-state index in [9.17, 15) is 28.8 Å². The van der Waals surface area contributed by atoms with Gasteiger partial charge in [0.2, 0.25) is 11.8 Å². The van der Waals surface area contributed by atoms with Crippen molar-refractivity contribution >= 4 is 35.6 Å². The third kappa shape index (κ3) is 15.7. The Bertz CT molecular complexity index is 1520. The van der Waals surface area contributed by atoms with E-state index in [0.29, 0.717) is 19.4 Å². The second-order valence-corrected chi connectivity index (χ2v) is 16.0. The molecule has 2 aromatic rings. The van der Waals surface area contributed by atoms with E-state index in [1.54, 1.807) is 79.7 Å². The van der Waals surface area contributed by atoms with Crippen molar-refractivity contribution < 1.29 is 38.2 Å². The molecule has 0 saturated carbocycles. The molecule has 0 aromatic heterocycles. The van der Waals surface area contributed by atoms with Gasteiger partial charge in [-0.1, -0.05) is 88.4 Å². The SMILES string of the molecule is CC(CCCCNC(=O)C(C)(C)CC(C)(C)NC(=O)C(=O)OCc1ccccc1)NC(=O)C(C)(C)CC(C)(C)NC(=O)C(=O)OCc1ccccc1. The Kier molecular flexibility index (Phi) is 16.0. The normalized spacial score (nSPS) is 12.6. The van der Waals surface area contributed by atoms with Crippen LogP contribution < -0.4 is 21.3 Å². The Hall–Kier alpha value is -4.74. The Morgan fingerprint density at radius 2 is 1.00 bits per heavy atom. The summed E-state index contributed by atoms with van der Waals surface area (Å²) in [6.07, 6.45) is 2.69. The zero-order valence-electron chi connectivity index (χ0n) is 32.3. The van der Waals surface area contributed by atoms with Crippen LogP contribution in [0.1, 0.15) is 106 Å². The van der Waals surface area contributed by atoms with Crippen LogP contribution in [-0.2, 0) is 51.5 Å². The summed E-state index contributed by atoms with van der Waals surface area (Å²) in [5, 5.41) is 11.4. The molecule has 0 saturated heterocycles. The number of unbranched alkanes of at least 4 members (excludes halogenated alkanes) is 1. The van der Waals surface area contributed by atoms with E-state index in [1.807, 2.05) is 43.3 Å². The van der Waals surface area contributed by atoms with Crippen LogP contribution in [0.25, 0.3) is 0 Å². The van der Waals surface area contributed by atoms with Crippen LogP contribution in [0.5, 0.6) is 0 Å². The minimum atomic E-state index is -0.987. The van der Waals surface area contributed by atoms with E-state index < -0.39 is 45.7 Å². The van der Waals surface area contributed by atoms with Gasteiger partial charge in [0, 0.05) is 34.5 Å². The molecular weight excluding hydrogens is 664 g/mol. The van der Waals surface area contributed by atoms with E-state index in [1.165, 1.54) is 0 Å². The van der Waals surface area contributed by atoms with Crippen LogP contribution in [0.2, 0.25) is 0 Å². The van der Waals surface area contributed by atoms with Crippen LogP contribution in [0.15, 0.2) is 60.7 Å². The Labute approximate surface area is 308 Å². The molecule has 2 aromatic carbocycles. The van der Waals surface area contributed by atoms with E-state index in [4.69, 9.17) is 9.47 Å². The number of carbonyl (C=O) groups is 6. The summed E-state index contributed by atoms with van der Waals surface area (Å²) in [6.45, 7) is 16.5. The van der Waals surface area contributed by atoms with Crippen LogP contribution >= 0.6 is 0 Å². The van der Waals surface area contributed by atoms with Crippen molar-refractivity contribution in [2.24, 2.45) is 10.8 Å². The van der Waals surface area contributed by atoms with Gasteiger partial charge in [-0.25, -0.2) is 9.59 Å². The standard InChI is InChI=1S/C40H58N4O8/c1-28(42-36(50)38(4,5)27-40(8,9)44-32(46)34(48)52-25-30-21-14-11-15-22-30)18-16-17-23-41-35(49)37(2,3)26-39(6,7)43-31(45)33(47)51-24-29-19-12-10-13-20-29/h10-15,19-22,28H,16-18,23-27H2,1-9H3,(H,41,49)(H,42,50)(H,43,45)(H,44,46). The molecule has 1 unspecified atom stereocenters. The average molecular weight is 723 g/mol. The van der Waals surface area contributed by atoms with Gasteiger partial charge in [0.1, 0.15) is 13.2 Å².